The number of hydrogen-bond acceptors (Lipinski definition) is 6. The SMILES string of the molecule is C=CCNc1ncnc2c1ncn2C1CCC(CO)O1. The molecule has 7 nitrogen and oxygen atoms in total. The minimum Gasteiger partial charge on any atom is -0.394 e. The zero-order chi connectivity index (χ0) is 13.9. The van der Waals surface area contributed by atoms with E-state index in [9.17, 15) is 0 Å². The molecule has 0 bridgehead atoms. The molecule has 20 heavy (non-hydrogen) atoms. The average molecular weight is 275 g/mol. The molecule has 7 heteroatoms. The minimum atomic E-state index is -0.126. The number of hydrogen-bond donors (Lipinski definition) is 2. The summed E-state index contributed by atoms with van der Waals surface area (Å²) in [6, 6.07) is 0. The number of ether oxygens (including phenoxy) is 1. The summed E-state index contributed by atoms with van der Waals surface area (Å²) in [5, 5.41) is 12.3. The third-order valence-electron chi connectivity index (χ3n) is 3.37. The van der Waals surface area contributed by atoms with E-state index in [1.807, 2.05) is 4.57 Å². The molecule has 2 atom stereocenters. The van der Waals surface area contributed by atoms with Gasteiger partial charge in [0.1, 0.15) is 12.6 Å². The van der Waals surface area contributed by atoms with Crippen molar-refractivity contribution in [1.29, 1.82) is 0 Å². The lowest BCUT2D eigenvalue weighted by Crippen LogP contribution is -2.14. The van der Waals surface area contributed by atoms with Crippen LogP contribution in [-0.4, -0.2) is 43.9 Å². The Morgan fingerprint density at radius 3 is 3.10 bits per heavy atom. The van der Waals surface area contributed by atoms with Crippen molar-refractivity contribution in [2.45, 2.75) is 25.2 Å². The van der Waals surface area contributed by atoms with Crippen LogP contribution in [-0.2, 0) is 4.74 Å². The van der Waals surface area contributed by atoms with E-state index in [2.05, 4.69) is 26.8 Å². The molecule has 0 saturated carbocycles. The molecule has 1 aliphatic rings. The van der Waals surface area contributed by atoms with Gasteiger partial charge >= 0.3 is 0 Å². The van der Waals surface area contributed by atoms with Crippen molar-refractivity contribution in [2.75, 3.05) is 18.5 Å². The highest BCUT2D eigenvalue weighted by Gasteiger charge is 2.27. The molecule has 1 saturated heterocycles. The van der Waals surface area contributed by atoms with Crippen LogP contribution in [0.4, 0.5) is 5.82 Å². The molecule has 0 radical (unpaired) electrons. The van der Waals surface area contributed by atoms with Crippen LogP contribution in [0, 0.1) is 0 Å². The second-order valence-electron chi connectivity index (χ2n) is 4.69. The zero-order valence-corrected chi connectivity index (χ0v) is 11.1. The fourth-order valence-electron chi connectivity index (χ4n) is 2.39. The van der Waals surface area contributed by atoms with Gasteiger partial charge in [-0.25, -0.2) is 15.0 Å². The summed E-state index contributed by atoms with van der Waals surface area (Å²) in [5.41, 5.74) is 1.44. The van der Waals surface area contributed by atoms with Gasteiger partial charge in [0.05, 0.1) is 19.0 Å². The van der Waals surface area contributed by atoms with Crippen LogP contribution in [0.2, 0.25) is 0 Å². The highest BCUT2D eigenvalue weighted by molar-refractivity contribution is 5.82. The van der Waals surface area contributed by atoms with Crippen LogP contribution in [0.3, 0.4) is 0 Å². The van der Waals surface area contributed by atoms with Crippen LogP contribution < -0.4 is 5.32 Å². The van der Waals surface area contributed by atoms with Gasteiger partial charge in [-0.3, -0.25) is 4.57 Å². The molecular formula is C13H17N5O2. The van der Waals surface area contributed by atoms with Crippen molar-refractivity contribution in [1.82, 2.24) is 19.5 Å². The lowest BCUT2D eigenvalue weighted by Gasteiger charge is -2.13. The van der Waals surface area contributed by atoms with Gasteiger partial charge in [0.15, 0.2) is 17.0 Å². The molecule has 3 heterocycles. The molecule has 2 aromatic heterocycles. The Morgan fingerprint density at radius 1 is 1.45 bits per heavy atom. The molecular weight excluding hydrogens is 258 g/mol. The Bertz CT molecular complexity index is 612. The number of fused-ring (bicyclic) bond motifs is 1. The molecule has 0 spiro atoms. The standard InChI is InChI=1S/C13H17N5O2/c1-2-5-14-12-11-13(16-7-15-12)18(8-17-11)10-4-3-9(6-19)20-10/h2,7-10,19H,1,3-6H2,(H,14,15,16). The molecule has 1 aliphatic heterocycles. The number of rotatable bonds is 5. The first-order valence-electron chi connectivity index (χ1n) is 6.62. The fraction of sp³-hybridized carbons (Fsp3) is 0.462. The quantitative estimate of drug-likeness (QED) is 0.795. The van der Waals surface area contributed by atoms with Crippen molar-refractivity contribution in [3.63, 3.8) is 0 Å². The smallest absolute Gasteiger partial charge is 0.167 e. The Hall–Kier alpha value is -1.99. The summed E-state index contributed by atoms with van der Waals surface area (Å²) in [7, 11) is 0. The minimum absolute atomic E-state index is 0.0459. The second-order valence-corrected chi connectivity index (χ2v) is 4.69. The van der Waals surface area contributed by atoms with E-state index in [-0.39, 0.29) is 18.9 Å². The average Bonchev–Trinajstić information content (AvgIpc) is 3.10. The predicted molar refractivity (Wildman–Crippen MR) is 74.2 cm³/mol. The summed E-state index contributed by atoms with van der Waals surface area (Å²) < 4.78 is 7.65. The number of aliphatic hydroxyl groups excluding tert-OH is 1. The van der Waals surface area contributed by atoms with E-state index in [1.54, 1.807) is 12.4 Å². The number of imidazole rings is 1. The number of anilines is 1. The van der Waals surface area contributed by atoms with Crippen LogP contribution in [0.5, 0.6) is 0 Å². The number of nitrogens with one attached hydrogen (secondary N) is 1. The highest BCUT2D eigenvalue weighted by atomic mass is 16.5. The third kappa shape index (κ3) is 2.25. The number of aliphatic hydroxyl groups is 1. The van der Waals surface area contributed by atoms with Crippen molar-refractivity contribution in [3.05, 3.63) is 25.3 Å². The normalized spacial score (nSPS) is 22.2. The summed E-state index contributed by atoms with van der Waals surface area (Å²) in [6.07, 6.45) is 6.44. The van der Waals surface area contributed by atoms with Crippen molar-refractivity contribution >= 4 is 17.0 Å². The molecule has 3 rings (SSSR count). The second kappa shape index (κ2) is 5.56. The van der Waals surface area contributed by atoms with Gasteiger partial charge in [0.2, 0.25) is 0 Å². The van der Waals surface area contributed by atoms with Gasteiger partial charge in [0, 0.05) is 6.54 Å². The zero-order valence-electron chi connectivity index (χ0n) is 11.1. The molecule has 2 N–H and O–H groups in total. The Balaban J connectivity index is 1.91. The number of nitrogens with zero attached hydrogens (tertiary/aromatic N) is 4. The Morgan fingerprint density at radius 2 is 2.35 bits per heavy atom. The van der Waals surface area contributed by atoms with Crippen LogP contribution >= 0.6 is 0 Å². The van der Waals surface area contributed by atoms with Crippen molar-refractivity contribution in [3.8, 4) is 0 Å². The first kappa shape index (κ1) is 13.0. The molecule has 2 aromatic rings. The lowest BCUT2D eigenvalue weighted by molar-refractivity contribution is -0.0207. The van der Waals surface area contributed by atoms with Gasteiger partial charge in [0.25, 0.3) is 0 Å². The summed E-state index contributed by atoms with van der Waals surface area (Å²) in [5.74, 6) is 0.686. The van der Waals surface area contributed by atoms with Crippen molar-refractivity contribution in [2.24, 2.45) is 0 Å². The van der Waals surface area contributed by atoms with Crippen LogP contribution in [0.25, 0.3) is 11.2 Å². The lowest BCUT2D eigenvalue weighted by atomic mass is 10.2. The van der Waals surface area contributed by atoms with E-state index in [4.69, 9.17) is 9.84 Å². The van der Waals surface area contributed by atoms with E-state index < -0.39 is 0 Å². The highest BCUT2D eigenvalue weighted by Crippen LogP contribution is 2.30. The monoisotopic (exact) mass is 275 g/mol. The molecule has 106 valence electrons. The molecule has 0 aliphatic carbocycles. The Kier molecular flexibility index (Phi) is 3.62. The molecule has 2 unspecified atom stereocenters. The predicted octanol–water partition coefficient (Wildman–Crippen LogP) is 1.09. The Labute approximate surface area is 116 Å². The summed E-state index contributed by atoms with van der Waals surface area (Å²) in [6.45, 7) is 4.33. The van der Waals surface area contributed by atoms with Gasteiger partial charge in [-0.05, 0) is 12.8 Å². The van der Waals surface area contributed by atoms with E-state index in [0.717, 1.165) is 18.5 Å². The van der Waals surface area contributed by atoms with Gasteiger partial charge in [-0.1, -0.05) is 6.08 Å². The van der Waals surface area contributed by atoms with E-state index >= 15 is 0 Å². The molecule has 0 aromatic carbocycles. The first-order valence-corrected chi connectivity index (χ1v) is 6.62. The molecule has 0 amide bonds. The van der Waals surface area contributed by atoms with Crippen molar-refractivity contribution < 1.29 is 9.84 Å². The summed E-state index contributed by atoms with van der Waals surface area (Å²) in [4.78, 5) is 12.8. The van der Waals surface area contributed by atoms with Gasteiger partial charge in [-0.2, -0.15) is 0 Å². The maximum atomic E-state index is 9.14. The van der Waals surface area contributed by atoms with E-state index in [0.29, 0.717) is 17.9 Å². The van der Waals surface area contributed by atoms with Gasteiger partial charge < -0.3 is 15.2 Å². The first-order chi connectivity index (χ1) is 9.83. The topological polar surface area (TPSA) is 85.1 Å². The fourth-order valence-corrected chi connectivity index (χ4v) is 2.39. The van der Waals surface area contributed by atoms with E-state index in [1.165, 1.54) is 6.33 Å². The van der Waals surface area contributed by atoms with Crippen LogP contribution in [0.1, 0.15) is 19.1 Å². The summed E-state index contributed by atoms with van der Waals surface area (Å²) >= 11 is 0. The third-order valence-corrected chi connectivity index (χ3v) is 3.37. The maximum absolute atomic E-state index is 9.14. The maximum Gasteiger partial charge on any atom is 0.167 e. The van der Waals surface area contributed by atoms with Gasteiger partial charge in [-0.15, -0.1) is 6.58 Å². The number of aromatic nitrogens is 4. The largest absolute Gasteiger partial charge is 0.394 e. The van der Waals surface area contributed by atoms with Crippen LogP contribution in [0.15, 0.2) is 25.3 Å². The molecule has 1 fully saturated rings.